The molecule has 2 heterocycles. The van der Waals surface area contributed by atoms with E-state index in [1.807, 2.05) is 19.9 Å². The Labute approximate surface area is 178 Å². The molecule has 0 amide bonds. The number of thiazole rings is 1. The summed E-state index contributed by atoms with van der Waals surface area (Å²) in [7, 11) is 1.30. The lowest BCUT2D eigenvalue weighted by molar-refractivity contribution is 0.373. The minimum atomic E-state index is -1.56. The van der Waals surface area contributed by atoms with Gasteiger partial charge in [0.15, 0.2) is 17.5 Å². The predicted molar refractivity (Wildman–Crippen MR) is 110 cm³/mol. The number of hydrogen-bond acceptors (Lipinski definition) is 6. The molecule has 0 aliphatic carbocycles. The second kappa shape index (κ2) is 8.03. The number of halogens is 3. The van der Waals surface area contributed by atoms with Gasteiger partial charge >= 0.3 is 11.6 Å². The van der Waals surface area contributed by atoms with Gasteiger partial charge in [0, 0.05) is 6.07 Å². The van der Waals surface area contributed by atoms with Crippen LogP contribution in [0.25, 0.3) is 10.2 Å². The van der Waals surface area contributed by atoms with Crippen LogP contribution in [-0.2, 0) is 6.54 Å². The summed E-state index contributed by atoms with van der Waals surface area (Å²) < 4.78 is 53.8. The van der Waals surface area contributed by atoms with Gasteiger partial charge in [0.2, 0.25) is 5.75 Å². The second-order valence-corrected chi connectivity index (χ2v) is 8.05. The van der Waals surface area contributed by atoms with E-state index in [1.54, 1.807) is 6.07 Å². The highest BCUT2D eigenvalue weighted by Gasteiger charge is 2.16. The molecule has 10 heteroatoms. The maximum atomic E-state index is 13.7. The molecule has 31 heavy (non-hydrogen) atoms. The zero-order chi connectivity index (χ0) is 22.3. The van der Waals surface area contributed by atoms with Gasteiger partial charge < -0.3 is 9.47 Å². The zero-order valence-corrected chi connectivity index (χ0v) is 17.5. The van der Waals surface area contributed by atoms with Gasteiger partial charge in [0.1, 0.15) is 5.75 Å². The van der Waals surface area contributed by atoms with Crippen molar-refractivity contribution in [2.75, 3.05) is 7.11 Å². The summed E-state index contributed by atoms with van der Waals surface area (Å²) in [5.74, 6) is -3.83. The molecule has 0 saturated heterocycles. The summed E-state index contributed by atoms with van der Waals surface area (Å²) >= 11 is 1.49. The lowest BCUT2D eigenvalue weighted by Gasteiger charge is -2.15. The largest absolute Gasteiger partial charge is 0.490 e. The van der Waals surface area contributed by atoms with E-state index in [4.69, 9.17) is 9.47 Å². The molecule has 160 valence electrons. The Morgan fingerprint density at radius 3 is 2.42 bits per heavy atom. The standard InChI is InChI=1S/C21H16F3N3O3S/c1-10-4-15-18(31-11(2)25-15)7-16(10)30-21-26-20(28)17(29-3)9-27(21)8-12-5-13(22)19(24)14(23)6-12/h4-7,9H,8H2,1-3H3. The molecular formula is C21H16F3N3O3S. The maximum Gasteiger partial charge on any atom is 0.318 e. The van der Waals surface area contributed by atoms with Crippen LogP contribution in [0.2, 0.25) is 0 Å². The molecule has 4 aromatic rings. The van der Waals surface area contributed by atoms with Gasteiger partial charge in [-0.2, -0.15) is 4.98 Å². The molecule has 0 aliphatic heterocycles. The first kappa shape index (κ1) is 20.9. The van der Waals surface area contributed by atoms with Gasteiger partial charge in [-0.3, -0.25) is 9.36 Å². The molecule has 0 spiro atoms. The van der Waals surface area contributed by atoms with Crippen LogP contribution in [0.3, 0.4) is 0 Å². The van der Waals surface area contributed by atoms with Crippen LogP contribution in [-0.4, -0.2) is 21.6 Å². The fourth-order valence-electron chi connectivity index (χ4n) is 3.07. The van der Waals surface area contributed by atoms with E-state index in [0.717, 1.165) is 32.9 Å². The summed E-state index contributed by atoms with van der Waals surface area (Å²) in [5.41, 5.74) is 1.02. The van der Waals surface area contributed by atoms with Gasteiger partial charge in [-0.05, 0) is 43.2 Å². The van der Waals surface area contributed by atoms with Crippen molar-refractivity contribution >= 4 is 21.6 Å². The van der Waals surface area contributed by atoms with E-state index < -0.39 is 23.0 Å². The van der Waals surface area contributed by atoms with Crippen molar-refractivity contribution in [1.82, 2.24) is 14.5 Å². The molecule has 0 N–H and O–H groups in total. The first-order chi connectivity index (χ1) is 14.7. The normalized spacial score (nSPS) is 11.2. The molecule has 2 aromatic carbocycles. The number of aryl methyl sites for hydroxylation is 2. The van der Waals surface area contributed by atoms with Crippen LogP contribution in [0.1, 0.15) is 16.1 Å². The third-order valence-electron chi connectivity index (χ3n) is 4.54. The average molecular weight is 447 g/mol. The van der Waals surface area contributed by atoms with Crippen molar-refractivity contribution in [1.29, 1.82) is 0 Å². The number of aromatic nitrogens is 3. The number of hydrogen-bond donors (Lipinski definition) is 0. The zero-order valence-electron chi connectivity index (χ0n) is 16.7. The third-order valence-corrected chi connectivity index (χ3v) is 5.47. The predicted octanol–water partition coefficient (Wildman–Crippen LogP) is 4.74. The Kier molecular flexibility index (Phi) is 5.40. The monoisotopic (exact) mass is 447 g/mol. The first-order valence-corrected chi connectivity index (χ1v) is 9.91. The quantitative estimate of drug-likeness (QED) is 0.414. The van der Waals surface area contributed by atoms with E-state index >= 15 is 0 Å². The highest BCUT2D eigenvalue weighted by molar-refractivity contribution is 7.18. The minimum Gasteiger partial charge on any atom is -0.490 e. The third kappa shape index (κ3) is 4.11. The Morgan fingerprint density at radius 2 is 1.74 bits per heavy atom. The van der Waals surface area contributed by atoms with E-state index in [0.29, 0.717) is 5.75 Å². The SMILES string of the molecule is COc1cn(Cc2cc(F)c(F)c(F)c2)c(Oc2cc3sc(C)nc3cc2C)nc1=O. The van der Waals surface area contributed by atoms with Crippen LogP contribution in [0, 0.1) is 31.3 Å². The van der Waals surface area contributed by atoms with Gasteiger partial charge in [0.05, 0.1) is 35.1 Å². The highest BCUT2D eigenvalue weighted by Crippen LogP contribution is 2.32. The second-order valence-electron chi connectivity index (χ2n) is 6.82. The molecule has 0 bridgehead atoms. The van der Waals surface area contributed by atoms with E-state index in [2.05, 4.69) is 9.97 Å². The summed E-state index contributed by atoms with van der Waals surface area (Å²) in [6.07, 6.45) is 1.31. The number of fused-ring (bicyclic) bond motifs is 1. The average Bonchev–Trinajstić information content (AvgIpc) is 3.06. The van der Waals surface area contributed by atoms with Crippen LogP contribution < -0.4 is 15.0 Å². The number of methoxy groups -OCH3 is 1. The fourth-order valence-corrected chi connectivity index (χ4v) is 3.91. The molecule has 0 saturated carbocycles. The molecule has 4 rings (SSSR count). The Hall–Kier alpha value is -3.40. The van der Waals surface area contributed by atoms with Crippen molar-refractivity contribution in [3.8, 4) is 17.5 Å². The van der Waals surface area contributed by atoms with Crippen molar-refractivity contribution in [3.63, 3.8) is 0 Å². The molecule has 0 aliphatic rings. The van der Waals surface area contributed by atoms with Crippen molar-refractivity contribution in [3.05, 3.63) is 74.4 Å². The molecule has 6 nitrogen and oxygen atoms in total. The number of nitrogens with zero attached hydrogens (tertiary/aromatic N) is 3. The van der Waals surface area contributed by atoms with Crippen LogP contribution in [0.5, 0.6) is 17.5 Å². The molecule has 0 unspecified atom stereocenters. The summed E-state index contributed by atoms with van der Waals surface area (Å²) in [5, 5.41) is 0.895. The molecule has 0 atom stereocenters. The van der Waals surface area contributed by atoms with Gasteiger partial charge in [0.25, 0.3) is 0 Å². The summed E-state index contributed by atoms with van der Waals surface area (Å²) in [4.78, 5) is 20.6. The smallest absolute Gasteiger partial charge is 0.318 e. The highest BCUT2D eigenvalue weighted by atomic mass is 32.1. The van der Waals surface area contributed by atoms with E-state index in [9.17, 15) is 18.0 Å². The van der Waals surface area contributed by atoms with Crippen molar-refractivity contribution in [2.24, 2.45) is 0 Å². The van der Waals surface area contributed by atoms with E-state index in [1.165, 1.54) is 29.2 Å². The number of benzene rings is 2. The molecule has 0 radical (unpaired) electrons. The van der Waals surface area contributed by atoms with Gasteiger partial charge in [-0.1, -0.05) is 0 Å². The Balaban J connectivity index is 1.78. The van der Waals surface area contributed by atoms with Crippen LogP contribution in [0.15, 0.2) is 35.3 Å². The summed E-state index contributed by atoms with van der Waals surface area (Å²) in [6, 6.07) is 5.26. The Bertz CT molecular complexity index is 1340. The molecule has 0 fully saturated rings. The van der Waals surface area contributed by atoms with Crippen LogP contribution >= 0.6 is 11.3 Å². The Morgan fingerprint density at radius 1 is 1.03 bits per heavy atom. The number of ether oxygens (including phenoxy) is 2. The van der Waals surface area contributed by atoms with Gasteiger partial charge in [-0.25, -0.2) is 18.2 Å². The van der Waals surface area contributed by atoms with E-state index in [-0.39, 0.29) is 23.9 Å². The van der Waals surface area contributed by atoms with Crippen molar-refractivity contribution in [2.45, 2.75) is 20.4 Å². The number of rotatable bonds is 5. The fraction of sp³-hybridized carbons (Fsp3) is 0.190. The topological polar surface area (TPSA) is 66.2 Å². The molecule has 2 aromatic heterocycles. The van der Waals surface area contributed by atoms with Crippen LogP contribution in [0.4, 0.5) is 13.2 Å². The van der Waals surface area contributed by atoms with Crippen molar-refractivity contribution < 1.29 is 22.6 Å². The summed E-state index contributed by atoms with van der Waals surface area (Å²) in [6.45, 7) is 3.57. The van der Waals surface area contributed by atoms with Gasteiger partial charge in [-0.15, -0.1) is 11.3 Å². The molecular weight excluding hydrogens is 431 g/mol. The minimum absolute atomic E-state index is 0.0827. The lowest BCUT2D eigenvalue weighted by atomic mass is 10.2. The lowest BCUT2D eigenvalue weighted by Crippen LogP contribution is -2.17. The first-order valence-electron chi connectivity index (χ1n) is 9.09. The maximum absolute atomic E-state index is 13.7.